The summed E-state index contributed by atoms with van der Waals surface area (Å²) in [6.07, 6.45) is -1.09. The van der Waals surface area contributed by atoms with Crippen molar-refractivity contribution >= 4 is 5.97 Å². The zero-order valence-electron chi connectivity index (χ0n) is 13.2. The lowest BCUT2D eigenvalue weighted by Crippen LogP contribution is -2.36. The number of carboxylic acid groups (broad SMARTS) is 1. The van der Waals surface area contributed by atoms with Gasteiger partial charge in [0.2, 0.25) is 0 Å². The Bertz CT molecular complexity index is 647. The largest absolute Gasteiger partial charge is 0.550 e. The summed E-state index contributed by atoms with van der Waals surface area (Å²) in [6.45, 7) is 4.16. The van der Waals surface area contributed by atoms with E-state index in [1.807, 2.05) is 24.3 Å². The van der Waals surface area contributed by atoms with E-state index in [1.165, 1.54) is 24.3 Å². The molecule has 0 heterocycles. The second-order valence-electron chi connectivity index (χ2n) is 6.02. The Hall–Kier alpha value is -2.20. The zero-order valence-corrected chi connectivity index (χ0v) is 13.2. The van der Waals surface area contributed by atoms with Crippen molar-refractivity contribution in [2.75, 3.05) is 0 Å². The van der Waals surface area contributed by atoms with Crippen LogP contribution in [0.1, 0.15) is 42.6 Å². The van der Waals surface area contributed by atoms with Gasteiger partial charge in [-0.25, -0.2) is 4.39 Å². The highest BCUT2D eigenvalue weighted by Gasteiger charge is 2.22. The van der Waals surface area contributed by atoms with Crippen molar-refractivity contribution in [1.82, 2.24) is 0 Å². The van der Waals surface area contributed by atoms with Gasteiger partial charge in [-0.2, -0.15) is 0 Å². The number of rotatable bonds is 6. The Morgan fingerprint density at radius 3 is 2.04 bits per heavy atom. The highest BCUT2D eigenvalue weighted by molar-refractivity contribution is 5.69. The third-order valence-electron chi connectivity index (χ3n) is 4.00. The van der Waals surface area contributed by atoms with Crippen LogP contribution < -0.4 is 5.11 Å². The second-order valence-corrected chi connectivity index (χ2v) is 6.02. The number of hydrogen-bond donors (Lipinski definition) is 1. The molecule has 1 N–H and O–H groups in total. The molecular weight excluding hydrogens is 295 g/mol. The topological polar surface area (TPSA) is 60.4 Å². The number of halogens is 1. The normalized spacial score (nSPS) is 13.8. The predicted octanol–water partition coefficient (Wildman–Crippen LogP) is 2.59. The highest BCUT2D eigenvalue weighted by atomic mass is 19.1. The molecule has 0 aliphatic carbocycles. The molecule has 0 radical (unpaired) electrons. The molecule has 122 valence electrons. The van der Waals surface area contributed by atoms with Crippen molar-refractivity contribution in [3.63, 3.8) is 0 Å². The second kappa shape index (κ2) is 7.38. The van der Waals surface area contributed by atoms with Gasteiger partial charge in [-0.3, -0.25) is 0 Å². The first kappa shape index (κ1) is 17.2. The molecule has 0 amide bonds. The predicted molar refractivity (Wildman–Crippen MR) is 84.1 cm³/mol. The van der Waals surface area contributed by atoms with Crippen LogP contribution in [-0.2, 0) is 11.2 Å². The van der Waals surface area contributed by atoms with Gasteiger partial charge in [0.25, 0.3) is 0 Å². The van der Waals surface area contributed by atoms with Crippen molar-refractivity contribution in [2.24, 2.45) is 5.92 Å². The van der Waals surface area contributed by atoms with Crippen LogP contribution in [0.4, 0.5) is 4.39 Å². The molecule has 0 bridgehead atoms. The van der Waals surface area contributed by atoms with Crippen LogP contribution in [0.15, 0.2) is 48.5 Å². The SMILES string of the molecule is CC(C)c1ccc(CC(C(=O)[O-])C(O)c2ccc(F)cc2)cc1. The van der Waals surface area contributed by atoms with Crippen LogP contribution in [0.3, 0.4) is 0 Å². The van der Waals surface area contributed by atoms with Crippen molar-refractivity contribution in [3.05, 3.63) is 71.0 Å². The molecule has 3 nitrogen and oxygen atoms in total. The number of carbonyl (C=O) groups excluding carboxylic acids is 1. The Kier molecular flexibility index (Phi) is 5.50. The fraction of sp³-hybridized carbons (Fsp3) is 0.316. The maximum atomic E-state index is 12.9. The summed E-state index contributed by atoms with van der Waals surface area (Å²) >= 11 is 0. The Labute approximate surface area is 135 Å². The summed E-state index contributed by atoms with van der Waals surface area (Å²) in [5.74, 6) is -2.46. The van der Waals surface area contributed by atoms with Gasteiger partial charge in [-0.1, -0.05) is 50.2 Å². The quantitative estimate of drug-likeness (QED) is 0.891. The minimum atomic E-state index is -1.32. The molecule has 0 fully saturated rings. The van der Waals surface area contributed by atoms with Crippen LogP contribution in [0.25, 0.3) is 0 Å². The number of aliphatic hydroxyl groups is 1. The average molecular weight is 315 g/mol. The smallest absolute Gasteiger partial charge is 0.123 e. The van der Waals surface area contributed by atoms with E-state index in [2.05, 4.69) is 13.8 Å². The summed E-state index contributed by atoms with van der Waals surface area (Å²) < 4.78 is 12.9. The lowest BCUT2D eigenvalue weighted by atomic mass is 9.89. The minimum Gasteiger partial charge on any atom is -0.550 e. The third kappa shape index (κ3) is 4.39. The highest BCUT2D eigenvalue weighted by Crippen LogP contribution is 2.26. The van der Waals surface area contributed by atoms with E-state index in [9.17, 15) is 19.4 Å². The monoisotopic (exact) mass is 315 g/mol. The first-order chi connectivity index (χ1) is 10.9. The lowest BCUT2D eigenvalue weighted by molar-refractivity contribution is -0.314. The fourth-order valence-corrected chi connectivity index (χ4v) is 2.51. The molecule has 23 heavy (non-hydrogen) atoms. The summed E-state index contributed by atoms with van der Waals surface area (Å²) in [6, 6.07) is 12.8. The van der Waals surface area contributed by atoms with Gasteiger partial charge in [0.15, 0.2) is 0 Å². The van der Waals surface area contributed by atoms with Crippen LogP contribution in [0.5, 0.6) is 0 Å². The molecule has 2 rings (SSSR count). The van der Waals surface area contributed by atoms with Gasteiger partial charge < -0.3 is 15.0 Å². The molecule has 4 heteroatoms. The van der Waals surface area contributed by atoms with Crippen molar-refractivity contribution < 1.29 is 19.4 Å². The summed E-state index contributed by atoms with van der Waals surface area (Å²) in [5, 5.41) is 21.7. The van der Waals surface area contributed by atoms with E-state index in [4.69, 9.17) is 0 Å². The molecule has 0 spiro atoms. The molecule has 0 aromatic heterocycles. The average Bonchev–Trinajstić information content (AvgIpc) is 2.53. The molecule has 0 aliphatic rings. The van der Waals surface area contributed by atoms with Crippen molar-refractivity contribution in [1.29, 1.82) is 0 Å². The van der Waals surface area contributed by atoms with Gasteiger partial charge in [0.05, 0.1) is 6.10 Å². The van der Waals surface area contributed by atoms with Crippen LogP contribution in [-0.4, -0.2) is 11.1 Å². The first-order valence-electron chi connectivity index (χ1n) is 7.61. The molecule has 0 aliphatic heterocycles. The Morgan fingerprint density at radius 1 is 1.04 bits per heavy atom. The molecule has 2 atom stereocenters. The van der Waals surface area contributed by atoms with Crippen molar-refractivity contribution in [2.45, 2.75) is 32.3 Å². The van der Waals surface area contributed by atoms with E-state index in [0.717, 1.165) is 11.1 Å². The van der Waals surface area contributed by atoms with Gasteiger partial charge in [0, 0.05) is 11.9 Å². The zero-order chi connectivity index (χ0) is 17.0. The molecule has 2 aromatic rings. The van der Waals surface area contributed by atoms with Gasteiger partial charge in [0.1, 0.15) is 5.82 Å². The maximum Gasteiger partial charge on any atom is 0.123 e. The molecular formula is C19H20FO3-. The van der Waals surface area contributed by atoms with Crippen molar-refractivity contribution in [3.8, 4) is 0 Å². The van der Waals surface area contributed by atoms with E-state index >= 15 is 0 Å². The number of benzene rings is 2. The Balaban J connectivity index is 2.18. The summed E-state index contributed by atoms with van der Waals surface area (Å²) in [4.78, 5) is 11.4. The van der Waals surface area contributed by atoms with Crippen LogP contribution in [0, 0.1) is 11.7 Å². The van der Waals surface area contributed by atoms with Gasteiger partial charge in [-0.05, 0) is 41.2 Å². The van der Waals surface area contributed by atoms with Crippen LogP contribution in [0.2, 0.25) is 0 Å². The number of aliphatic hydroxyl groups excluding tert-OH is 1. The van der Waals surface area contributed by atoms with E-state index in [-0.39, 0.29) is 6.42 Å². The number of aliphatic carboxylic acids is 1. The maximum absolute atomic E-state index is 12.9. The first-order valence-corrected chi connectivity index (χ1v) is 7.61. The standard InChI is InChI=1S/C19H21FO3/c1-12(2)14-5-3-13(4-6-14)11-17(19(22)23)18(21)15-7-9-16(20)10-8-15/h3-10,12,17-18,21H,11H2,1-2H3,(H,22,23)/p-1. The molecule has 0 saturated carbocycles. The minimum absolute atomic E-state index is 0.152. The number of hydrogen-bond acceptors (Lipinski definition) is 3. The molecule has 2 unspecified atom stereocenters. The molecule has 0 saturated heterocycles. The fourth-order valence-electron chi connectivity index (χ4n) is 2.51. The number of carboxylic acids is 1. The lowest BCUT2D eigenvalue weighted by Gasteiger charge is -2.24. The van der Waals surface area contributed by atoms with Gasteiger partial charge >= 0.3 is 0 Å². The summed E-state index contributed by atoms with van der Waals surface area (Å²) in [5.41, 5.74) is 2.34. The number of carbonyl (C=O) groups is 1. The van der Waals surface area contributed by atoms with Gasteiger partial charge in [-0.15, -0.1) is 0 Å². The molecule has 2 aromatic carbocycles. The van der Waals surface area contributed by atoms with E-state index in [1.54, 1.807) is 0 Å². The van der Waals surface area contributed by atoms with E-state index in [0.29, 0.717) is 11.5 Å². The van der Waals surface area contributed by atoms with Crippen LogP contribution >= 0.6 is 0 Å². The third-order valence-corrected chi connectivity index (χ3v) is 4.00. The summed E-state index contributed by atoms with van der Waals surface area (Å²) in [7, 11) is 0. The van der Waals surface area contributed by atoms with E-state index < -0.39 is 23.8 Å². The Morgan fingerprint density at radius 2 is 1.57 bits per heavy atom.